The molecule has 6 nitrogen and oxygen atoms in total. The Morgan fingerprint density at radius 2 is 1.95 bits per heavy atom. The average Bonchev–Trinajstić information content (AvgIpc) is 2.68. The van der Waals surface area contributed by atoms with Crippen LogP contribution in [0.4, 0.5) is 11.6 Å². The van der Waals surface area contributed by atoms with E-state index in [1.807, 2.05) is 0 Å². The Balaban J connectivity index is 1.67. The quantitative estimate of drug-likeness (QED) is 0.814. The second-order valence-electron chi connectivity index (χ2n) is 6.03. The first kappa shape index (κ1) is 12.1. The van der Waals surface area contributed by atoms with Gasteiger partial charge < -0.3 is 10.2 Å². The molecule has 0 aromatic carbocycles. The van der Waals surface area contributed by atoms with Crippen LogP contribution in [0.2, 0.25) is 0 Å². The molecule has 3 aliphatic rings. The van der Waals surface area contributed by atoms with Gasteiger partial charge in [-0.05, 0) is 26.3 Å². The highest BCUT2D eigenvalue weighted by Crippen LogP contribution is 2.34. The summed E-state index contributed by atoms with van der Waals surface area (Å²) in [6.07, 6.45) is 5.41. The summed E-state index contributed by atoms with van der Waals surface area (Å²) < 4.78 is 0. The minimum Gasteiger partial charge on any atom is -0.353 e. The van der Waals surface area contributed by atoms with Crippen LogP contribution in [0.15, 0.2) is 6.33 Å². The number of nitrogens with one attached hydrogen (secondary N) is 1. The fourth-order valence-corrected chi connectivity index (χ4v) is 3.73. The fourth-order valence-electron chi connectivity index (χ4n) is 3.73. The van der Waals surface area contributed by atoms with Gasteiger partial charge >= 0.3 is 0 Å². The lowest BCUT2D eigenvalue weighted by atomic mass is 10.1. The van der Waals surface area contributed by atoms with Crippen molar-refractivity contribution in [2.75, 3.05) is 30.4 Å². The van der Waals surface area contributed by atoms with Gasteiger partial charge in [0.15, 0.2) is 0 Å². The molecule has 106 valence electrons. The van der Waals surface area contributed by atoms with E-state index in [1.165, 1.54) is 12.8 Å². The van der Waals surface area contributed by atoms with Gasteiger partial charge in [-0.15, -0.1) is 0 Å². The van der Waals surface area contributed by atoms with Gasteiger partial charge in [0.25, 0.3) is 0 Å². The topological polar surface area (TPSA) is 61.4 Å². The molecule has 4 rings (SSSR count). The summed E-state index contributed by atoms with van der Waals surface area (Å²) in [5.74, 6) is 1.79. The molecule has 2 fully saturated rings. The number of carbonyl (C=O) groups excluding carboxylic acids is 1. The lowest BCUT2D eigenvalue weighted by molar-refractivity contribution is -0.116. The zero-order chi connectivity index (χ0) is 13.7. The minimum absolute atomic E-state index is 0.0561. The molecule has 0 aliphatic carbocycles. The molecule has 1 amide bonds. The Bertz CT molecular complexity index is 546. The molecular weight excluding hydrogens is 254 g/mol. The third-order valence-corrected chi connectivity index (χ3v) is 4.93. The maximum absolute atomic E-state index is 11.5. The van der Waals surface area contributed by atoms with Crippen molar-refractivity contribution < 1.29 is 4.79 Å². The largest absolute Gasteiger partial charge is 0.353 e. The molecular formula is C14H19N5O. The summed E-state index contributed by atoms with van der Waals surface area (Å²) in [7, 11) is 2.23. The maximum Gasteiger partial charge on any atom is 0.225 e. The normalized spacial score (nSPS) is 29.2. The molecule has 4 heterocycles. The summed E-state index contributed by atoms with van der Waals surface area (Å²) in [6, 6.07) is 1.27. The van der Waals surface area contributed by atoms with Crippen LogP contribution in [-0.4, -0.2) is 53.0 Å². The molecule has 3 aliphatic heterocycles. The first-order chi connectivity index (χ1) is 9.72. The smallest absolute Gasteiger partial charge is 0.225 e. The van der Waals surface area contributed by atoms with Crippen LogP contribution in [0.5, 0.6) is 0 Å². The van der Waals surface area contributed by atoms with Crippen molar-refractivity contribution in [1.29, 1.82) is 0 Å². The number of fused-ring (bicyclic) bond motifs is 3. The molecule has 1 aromatic heterocycles. The number of nitrogens with zero attached hydrogens (tertiary/aromatic N) is 4. The van der Waals surface area contributed by atoms with Gasteiger partial charge in [-0.3, -0.25) is 9.69 Å². The van der Waals surface area contributed by atoms with Crippen LogP contribution in [-0.2, 0) is 11.2 Å². The third-order valence-electron chi connectivity index (χ3n) is 4.93. The molecule has 2 unspecified atom stereocenters. The minimum atomic E-state index is 0.0561. The second kappa shape index (κ2) is 4.41. The van der Waals surface area contributed by atoms with Crippen molar-refractivity contribution in [2.24, 2.45) is 0 Å². The van der Waals surface area contributed by atoms with E-state index in [2.05, 4.69) is 32.1 Å². The number of carbonyl (C=O) groups is 1. The van der Waals surface area contributed by atoms with E-state index >= 15 is 0 Å². The summed E-state index contributed by atoms with van der Waals surface area (Å²) in [5, 5.41) is 2.86. The maximum atomic E-state index is 11.5. The Morgan fingerprint density at radius 1 is 1.20 bits per heavy atom. The van der Waals surface area contributed by atoms with Gasteiger partial charge in [-0.2, -0.15) is 0 Å². The monoisotopic (exact) mass is 273 g/mol. The van der Waals surface area contributed by atoms with Crippen LogP contribution in [0, 0.1) is 0 Å². The average molecular weight is 273 g/mol. The third kappa shape index (κ3) is 1.78. The molecule has 6 heteroatoms. The van der Waals surface area contributed by atoms with Crippen molar-refractivity contribution in [1.82, 2.24) is 14.9 Å². The van der Waals surface area contributed by atoms with E-state index < -0.39 is 0 Å². The van der Waals surface area contributed by atoms with Gasteiger partial charge in [-0.1, -0.05) is 0 Å². The molecule has 1 aromatic rings. The fraction of sp³-hybridized carbons (Fsp3) is 0.643. The van der Waals surface area contributed by atoms with Crippen molar-refractivity contribution in [2.45, 2.75) is 37.8 Å². The van der Waals surface area contributed by atoms with E-state index in [1.54, 1.807) is 6.33 Å². The number of hydrogen-bond acceptors (Lipinski definition) is 5. The number of hydrogen-bond donors (Lipinski definition) is 1. The van der Waals surface area contributed by atoms with Crippen molar-refractivity contribution >= 4 is 17.5 Å². The standard InChI is InChI=1S/C14H19N5O/c1-18-9-2-3-10(18)7-19(6-9)14-11-4-5-12(20)17-13(11)15-8-16-14/h8-10H,2-7H2,1H3,(H,15,16,17,20). The molecule has 20 heavy (non-hydrogen) atoms. The molecule has 2 atom stereocenters. The van der Waals surface area contributed by atoms with Gasteiger partial charge in [0.1, 0.15) is 18.0 Å². The molecule has 0 radical (unpaired) electrons. The van der Waals surface area contributed by atoms with Gasteiger partial charge in [0.05, 0.1) is 0 Å². The molecule has 0 saturated carbocycles. The zero-order valence-electron chi connectivity index (χ0n) is 11.7. The van der Waals surface area contributed by atoms with Gasteiger partial charge in [0.2, 0.25) is 5.91 Å². The number of likely N-dealkylation sites (N-methyl/N-ethyl adjacent to an activating group) is 1. The van der Waals surface area contributed by atoms with E-state index in [4.69, 9.17) is 0 Å². The Kier molecular flexibility index (Phi) is 2.66. The summed E-state index contributed by atoms with van der Waals surface area (Å²) in [6.45, 7) is 2.06. The van der Waals surface area contributed by atoms with Gasteiger partial charge in [-0.25, -0.2) is 9.97 Å². The van der Waals surface area contributed by atoms with Crippen molar-refractivity contribution in [3.63, 3.8) is 0 Å². The van der Waals surface area contributed by atoms with E-state index in [9.17, 15) is 4.79 Å². The van der Waals surface area contributed by atoms with Crippen molar-refractivity contribution in [3.05, 3.63) is 11.9 Å². The number of rotatable bonds is 1. The first-order valence-corrected chi connectivity index (χ1v) is 7.33. The number of aromatic nitrogens is 2. The SMILES string of the molecule is CN1C2CCC1CN(c1ncnc3c1CCC(=O)N3)C2. The highest BCUT2D eigenvalue weighted by Gasteiger charge is 2.38. The first-order valence-electron chi connectivity index (χ1n) is 7.33. The van der Waals surface area contributed by atoms with Crippen LogP contribution in [0.3, 0.4) is 0 Å². The number of piperazine rings is 1. The van der Waals surface area contributed by atoms with Crippen LogP contribution < -0.4 is 10.2 Å². The Morgan fingerprint density at radius 3 is 2.70 bits per heavy atom. The second-order valence-corrected chi connectivity index (χ2v) is 6.03. The predicted molar refractivity (Wildman–Crippen MR) is 75.8 cm³/mol. The predicted octanol–water partition coefficient (Wildman–Crippen LogP) is 0.644. The Hall–Kier alpha value is -1.69. The van der Waals surface area contributed by atoms with E-state index in [0.717, 1.165) is 30.9 Å². The molecule has 1 N–H and O–H groups in total. The Labute approximate surface area is 118 Å². The molecule has 2 bridgehead atoms. The van der Waals surface area contributed by atoms with Gasteiger partial charge in [0, 0.05) is 37.2 Å². The van der Waals surface area contributed by atoms with E-state index in [-0.39, 0.29) is 5.91 Å². The summed E-state index contributed by atoms with van der Waals surface area (Å²) in [4.78, 5) is 25.1. The van der Waals surface area contributed by atoms with Crippen LogP contribution in [0.1, 0.15) is 24.8 Å². The summed E-state index contributed by atoms with van der Waals surface area (Å²) in [5.41, 5.74) is 1.11. The molecule has 2 saturated heterocycles. The lowest BCUT2D eigenvalue weighted by Crippen LogP contribution is -2.52. The highest BCUT2D eigenvalue weighted by atomic mass is 16.1. The lowest BCUT2D eigenvalue weighted by Gasteiger charge is -2.40. The highest BCUT2D eigenvalue weighted by molar-refractivity contribution is 5.93. The number of anilines is 2. The van der Waals surface area contributed by atoms with Crippen molar-refractivity contribution in [3.8, 4) is 0 Å². The molecule has 0 spiro atoms. The zero-order valence-corrected chi connectivity index (χ0v) is 11.7. The van der Waals surface area contributed by atoms with E-state index in [0.29, 0.717) is 24.3 Å². The van der Waals surface area contributed by atoms with Crippen LogP contribution in [0.25, 0.3) is 0 Å². The summed E-state index contributed by atoms with van der Waals surface area (Å²) >= 11 is 0. The van der Waals surface area contributed by atoms with Crippen LogP contribution >= 0.6 is 0 Å². The number of amides is 1.